The van der Waals surface area contributed by atoms with Crippen molar-refractivity contribution >= 4 is 34.6 Å². The van der Waals surface area contributed by atoms with Gasteiger partial charge in [-0.1, -0.05) is 30.3 Å². The van der Waals surface area contributed by atoms with E-state index in [9.17, 15) is 4.79 Å². The topological polar surface area (TPSA) is 45.1 Å². The lowest BCUT2D eigenvalue weighted by molar-refractivity contribution is -0.113. The maximum Gasteiger partial charge on any atom is 0.286 e. The fraction of sp³-hybridized carbons (Fsp3) is 0.333. The van der Waals surface area contributed by atoms with Crippen molar-refractivity contribution in [3.05, 3.63) is 64.6 Å². The third-order valence-electron chi connectivity index (χ3n) is 5.17. The van der Waals surface area contributed by atoms with Crippen molar-refractivity contribution < 1.29 is 9.53 Å². The molecule has 2 aromatic carbocycles. The number of nitrogens with zero attached hydrogens (tertiary/aromatic N) is 3. The van der Waals surface area contributed by atoms with Gasteiger partial charge in [-0.25, -0.2) is 0 Å². The Hall–Kier alpha value is -2.73. The van der Waals surface area contributed by atoms with E-state index in [0.29, 0.717) is 4.91 Å². The second kappa shape index (κ2) is 8.96. The highest BCUT2D eigenvalue weighted by atomic mass is 32.2. The number of ether oxygens (including phenoxy) is 1. The summed E-state index contributed by atoms with van der Waals surface area (Å²) in [4.78, 5) is 22.1. The molecule has 1 amide bonds. The number of hydrogen-bond donors (Lipinski definition) is 0. The van der Waals surface area contributed by atoms with Gasteiger partial charge in [0.05, 0.1) is 11.0 Å². The van der Waals surface area contributed by atoms with E-state index in [1.54, 1.807) is 0 Å². The molecule has 2 aliphatic heterocycles. The Bertz CT molecular complexity index is 974. The van der Waals surface area contributed by atoms with Crippen LogP contribution in [0.1, 0.15) is 25.0 Å². The van der Waals surface area contributed by atoms with E-state index in [0.717, 1.165) is 42.7 Å². The molecule has 0 aromatic heterocycles. The Balaban J connectivity index is 1.37. The van der Waals surface area contributed by atoms with E-state index in [-0.39, 0.29) is 12.0 Å². The number of rotatable bonds is 4. The summed E-state index contributed by atoms with van der Waals surface area (Å²) in [6.45, 7) is 9.73. The normalized spacial score (nSPS) is 18.3. The van der Waals surface area contributed by atoms with Gasteiger partial charge >= 0.3 is 0 Å². The zero-order chi connectivity index (χ0) is 21.1. The minimum Gasteiger partial charge on any atom is -0.491 e. The average Bonchev–Trinajstić information content (AvgIpc) is 3.10. The van der Waals surface area contributed by atoms with Crippen LogP contribution in [0.25, 0.3) is 6.08 Å². The molecule has 0 bridgehead atoms. The number of para-hydroxylation sites is 1. The van der Waals surface area contributed by atoms with Gasteiger partial charge in [-0.3, -0.25) is 4.79 Å². The lowest BCUT2D eigenvalue weighted by Gasteiger charge is -2.37. The minimum atomic E-state index is -0.154. The first kappa shape index (κ1) is 20.5. The first-order valence-corrected chi connectivity index (χ1v) is 11.2. The highest BCUT2D eigenvalue weighted by Gasteiger charge is 2.28. The van der Waals surface area contributed by atoms with Gasteiger partial charge in [-0.2, -0.15) is 4.99 Å². The van der Waals surface area contributed by atoms with E-state index in [1.807, 2.05) is 44.2 Å². The molecule has 2 aromatic rings. The summed E-state index contributed by atoms with van der Waals surface area (Å²) in [5.74, 6) is 0.680. The fourth-order valence-electron chi connectivity index (χ4n) is 3.66. The van der Waals surface area contributed by atoms with Crippen LogP contribution in [0.5, 0.6) is 5.75 Å². The van der Waals surface area contributed by atoms with E-state index in [2.05, 4.69) is 46.0 Å². The molecular formula is C24H27N3O2S. The molecular weight excluding hydrogens is 394 g/mol. The fourth-order valence-corrected chi connectivity index (χ4v) is 4.62. The largest absolute Gasteiger partial charge is 0.491 e. The Morgan fingerprint density at radius 2 is 1.67 bits per heavy atom. The molecule has 156 valence electrons. The highest BCUT2D eigenvalue weighted by Crippen LogP contribution is 2.31. The molecule has 0 aliphatic carbocycles. The van der Waals surface area contributed by atoms with Gasteiger partial charge in [0.2, 0.25) is 0 Å². The molecule has 0 atom stereocenters. The number of aryl methyl sites for hydroxylation is 1. The quantitative estimate of drug-likeness (QED) is 0.677. The standard InChI is InChI=1S/C24H27N3O2S/c1-17(2)29-20-10-8-19(9-11-20)16-22-23(28)25-24(30-22)27-14-12-26(13-15-27)21-7-5-4-6-18(21)3/h4-11,16-17H,12-15H2,1-3H3/b22-16-. The van der Waals surface area contributed by atoms with Crippen LogP contribution in [0.4, 0.5) is 5.69 Å². The summed E-state index contributed by atoms with van der Waals surface area (Å²) < 4.78 is 5.68. The summed E-state index contributed by atoms with van der Waals surface area (Å²) in [7, 11) is 0. The molecule has 0 N–H and O–H groups in total. The highest BCUT2D eigenvalue weighted by molar-refractivity contribution is 8.18. The Morgan fingerprint density at radius 3 is 2.33 bits per heavy atom. The van der Waals surface area contributed by atoms with Crippen LogP contribution in [0.3, 0.4) is 0 Å². The van der Waals surface area contributed by atoms with E-state index < -0.39 is 0 Å². The molecule has 0 spiro atoms. The van der Waals surface area contributed by atoms with Crippen LogP contribution in [-0.2, 0) is 4.79 Å². The number of thioether (sulfide) groups is 1. The molecule has 0 saturated carbocycles. The smallest absolute Gasteiger partial charge is 0.286 e. The summed E-state index contributed by atoms with van der Waals surface area (Å²) in [6.07, 6.45) is 2.05. The van der Waals surface area contributed by atoms with Gasteiger partial charge in [0.25, 0.3) is 5.91 Å². The number of benzene rings is 2. The van der Waals surface area contributed by atoms with Gasteiger partial charge in [-0.05, 0) is 67.9 Å². The van der Waals surface area contributed by atoms with Crippen molar-refractivity contribution in [3.8, 4) is 5.75 Å². The van der Waals surface area contributed by atoms with Crippen molar-refractivity contribution in [1.29, 1.82) is 0 Å². The van der Waals surface area contributed by atoms with Crippen molar-refractivity contribution in [1.82, 2.24) is 4.90 Å². The van der Waals surface area contributed by atoms with Gasteiger partial charge in [0.15, 0.2) is 5.17 Å². The van der Waals surface area contributed by atoms with E-state index >= 15 is 0 Å². The van der Waals surface area contributed by atoms with Crippen molar-refractivity contribution in [2.24, 2.45) is 4.99 Å². The number of amidine groups is 1. The number of carbonyl (C=O) groups excluding carboxylic acids is 1. The summed E-state index contributed by atoms with van der Waals surface area (Å²) >= 11 is 1.47. The molecule has 1 saturated heterocycles. The van der Waals surface area contributed by atoms with Crippen molar-refractivity contribution in [2.45, 2.75) is 26.9 Å². The van der Waals surface area contributed by atoms with Crippen LogP contribution >= 0.6 is 11.8 Å². The predicted molar refractivity (Wildman–Crippen MR) is 125 cm³/mol. The second-order valence-electron chi connectivity index (χ2n) is 7.81. The molecule has 0 unspecified atom stereocenters. The maximum atomic E-state index is 12.4. The third-order valence-corrected chi connectivity index (χ3v) is 6.21. The zero-order valence-corrected chi connectivity index (χ0v) is 18.5. The number of amides is 1. The summed E-state index contributed by atoms with van der Waals surface area (Å²) in [6, 6.07) is 16.3. The van der Waals surface area contributed by atoms with Gasteiger partial charge in [-0.15, -0.1) is 0 Å². The molecule has 0 radical (unpaired) electrons. The second-order valence-corrected chi connectivity index (χ2v) is 8.82. The third kappa shape index (κ3) is 4.70. The van der Waals surface area contributed by atoms with Crippen molar-refractivity contribution in [2.75, 3.05) is 31.1 Å². The van der Waals surface area contributed by atoms with Crippen LogP contribution in [0, 0.1) is 6.92 Å². The van der Waals surface area contributed by atoms with Crippen LogP contribution in [0.15, 0.2) is 58.4 Å². The predicted octanol–water partition coefficient (Wildman–Crippen LogP) is 4.57. The maximum absolute atomic E-state index is 12.4. The van der Waals surface area contributed by atoms with Crippen molar-refractivity contribution in [3.63, 3.8) is 0 Å². The zero-order valence-electron chi connectivity index (χ0n) is 17.7. The van der Waals surface area contributed by atoms with Gasteiger partial charge in [0, 0.05) is 31.9 Å². The van der Waals surface area contributed by atoms with Gasteiger partial charge < -0.3 is 14.5 Å². The average molecular weight is 422 g/mol. The first-order valence-electron chi connectivity index (χ1n) is 10.3. The first-order chi connectivity index (χ1) is 14.5. The minimum absolute atomic E-state index is 0.142. The molecule has 4 rings (SSSR count). The van der Waals surface area contributed by atoms with Crippen LogP contribution < -0.4 is 9.64 Å². The summed E-state index contributed by atoms with van der Waals surface area (Å²) in [5.41, 5.74) is 3.56. The Kier molecular flexibility index (Phi) is 6.13. The number of piperazine rings is 1. The SMILES string of the molecule is Cc1ccccc1N1CCN(C2=NC(=O)/C(=C/c3ccc(OC(C)C)cc3)S2)CC1. The molecule has 5 nitrogen and oxygen atoms in total. The number of aliphatic imine (C=N–C) groups is 1. The molecule has 6 heteroatoms. The molecule has 2 heterocycles. The Morgan fingerprint density at radius 1 is 1.00 bits per heavy atom. The van der Waals surface area contributed by atoms with Crippen LogP contribution in [-0.4, -0.2) is 48.3 Å². The molecule has 1 fully saturated rings. The van der Waals surface area contributed by atoms with E-state index in [1.165, 1.54) is 23.0 Å². The lowest BCUT2D eigenvalue weighted by atomic mass is 10.1. The molecule has 2 aliphatic rings. The monoisotopic (exact) mass is 421 g/mol. The number of carbonyl (C=O) groups is 1. The van der Waals surface area contributed by atoms with E-state index in [4.69, 9.17) is 4.74 Å². The Labute approximate surface area is 182 Å². The summed E-state index contributed by atoms with van der Waals surface area (Å²) in [5, 5.41) is 0.815. The van der Waals surface area contributed by atoms with Gasteiger partial charge in [0.1, 0.15) is 5.75 Å². The lowest BCUT2D eigenvalue weighted by Crippen LogP contribution is -2.48. The molecule has 30 heavy (non-hydrogen) atoms. The number of hydrogen-bond acceptors (Lipinski definition) is 5. The number of anilines is 1. The van der Waals surface area contributed by atoms with Crippen LogP contribution in [0.2, 0.25) is 0 Å².